The number of nitrogens with one attached hydrogen (secondary N) is 1. The minimum absolute atomic E-state index is 0.177. The van der Waals surface area contributed by atoms with E-state index >= 15 is 0 Å². The van der Waals surface area contributed by atoms with Gasteiger partial charge in [-0.25, -0.2) is 0 Å². The number of halogens is 1. The van der Waals surface area contributed by atoms with Crippen LogP contribution in [0.5, 0.6) is 5.75 Å². The van der Waals surface area contributed by atoms with E-state index in [1.54, 1.807) is 26.2 Å². The highest BCUT2D eigenvalue weighted by molar-refractivity contribution is 9.10. The number of hydrogen-bond donors (Lipinski definition) is 1. The minimum atomic E-state index is -0.867. The van der Waals surface area contributed by atoms with E-state index in [-0.39, 0.29) is 12.3 Å². The molecule has 0 saturated carbocycles. The Balaban J connectivity index is 1.82. The molecule has 2 aromatic rings. The Morgan fingerprint density at radius 1 is 1.12 bits per heavy atom. The number of amides is 1. The summed E-state index contributed by atoms with van der Waals surface area (Å²) in [5.74, 6) is -0.0614. The maximum absolute atomic E-state index is 12.1. The highest BCUT2D eigenvalue weighted by Crippen LogP contribution is 2.19. The number of esters is 1. The summed E-state index contributed by atoms with van der Waals surface area (Å²) in [6.45, 7) is 1.55. The van der Waals surface area contributed by atoms with E-state index in [4.69, 9.17) is 9.47 Å². The number of rotatable bonds is 7. The molecule has 0 fully saturated rings. The summed E-state index contributed by atoms with van der Waals surface area (Å²) < 4.78 is 11.4. The third-order valence-electron chi connectivity index (χ3n) is 3.58. The van der Waals surface area contributed by atoms with Crippen LogP contribution in [0.1, 0.15) is 18.9 Å². The van der Waals surface area contributed by atoms with Crippen molar-refractivity contribution in [1.29, 1.82) is 0 Å². The van der Waals surface area contributed by atoms with Crippen molar-refractivity contribution in [2.45, 2.75) is 25.9 Å². The first-order valence-corrected chi connectivity index (χ1v) is 8.66. The average molecular weight is 406 g/mol. The van der Waals surface area contributed by atoms with E-state index in [0.717, 1.165) is 15.8 Å². The lowest BCUT2D eigenvalue weighted by atomic mass is 10.1. The van der Waals surface area contributed by atoms with Crippen LogP contribution in [0.3, 0.4) is 0 Å². The van der Waals surface area contributed by atoms with Crippen LogP contribution in [0, 0.1) is 0 Å². The number of para-hydroxylation sites is 1. The molecule has 0 spiro atoms. The molecule has 0 aromatic heterocycles. The largest absolute Gasteiger partial charge is 0.496 e. The van der Waals surface area contributed by atoms with Crippen molar-refractivity contribution in [3.8, 4) is 5.75 Å². The number of ether oxygens (including phenoxy) is 2. The molecule has 0 radical (unpaired) electrons. The smallest absolute Gasteiger partial charge is 0.306 e. The second-order valence-electron chi connectivity index (χ2n) is 5.44. The summed E-state index contributed by atoms with van der Waals surface area (Å²) in [6, 6.07) is 14.7. The second-order valence-corrected chi connectivity index (χ2v) is 6.36. The van der Waals surface area contributed by atoms with Gasteiger partial charge in [0.15, 0.2) is 6.10 Å². The van der Waals surface area contributed by atoms with Crippen LogP contribution in [-0.2, 0) is 20.7 Å². The van der Waals surface area contributed by atoms with Crippen molar-refractivity contribution in [1.82, 2.24) is 0 Å². The van der Waals surface area contributed by atoms with E-state index in [1.807, 2.05) is 36.4 Å². The van der Waals surface area contributed by atoms with Gasteiger partial charge in [-0.15, -0.1) is 0 Å². The molecule has 6 heteroatoms. The van der Waals surface area contributed by atoms with Crippen molar-refractivity contribution in [3.05, 3.63) is 58.6 Å². The Morgan fingerprint density at radius 2 is 1.80 bits per heavy atom. The van der Waals surface area contributed by atoms with Crippen LogP contribution in [-0.4, -0.2) is 25.1 Å². The Kier molecular flexibility index (Phi) is 7.01. The fourth-order valence-electron chi connectivity index (χ4n) is 2.23. The molecule has 1 atom stereocenters. The molecular weight excluding hydrogens is 386 g/mol. The molecule has 25 heavy (non-hydrogen) atoms. The lowest BCUT2D eigenvalue weighted by molar-refractivity contribution is -0.153. The van der Waals surface area contributed by atoms with Crippen LogP contribution < -0.4 is 10.1 Å². The first kappa shape index (κ1) is 19.0. The maximum atomic E-state index is 12.1. The molecule has 1 amide bonds. The number of carbonyl (C=O) groups excluding carboxylic acids is 2. The van der Waals surface area contributed by atoms with Crippen LogP contribution in [0.4, 0.5) is 5.69 Å². The number of methoxy groups -OCH3 is 1. The fraction of sp³-hybridized carbons (Fsp3) is 0.263. The molecule has 5 nitrogen and oxygen atoms in total. The fourth-order valence-corrected chi connectivity index (χ4v) is 2.50. The van der Waals surface area contributed by atoms with Crippen molar-refractivity contribution >= 4 is 33.5 Å². The number of hydrogen-bond acceptors (Lipinski definition) is 4. The predicted molar refractivity (Wildman–Crippen MR) is 99.6 cm³/mol. The van der Waals surface area contributed by atoms with Gasteiger partial charge in [0.05, 0.1) is 7.11 Å². The summed E-state index contributed by atoms with van der Waals surface area (Å²) in [5.41, 5.74) is 1.57. The van der Waals surface area contributed by atoms with Gasteiger partial charge in [0.1, 0.15) is 5.75 Å². The van der Waals surface area contributed by atoms with E-state index in [0.29, 0.717) is 12.1 Å². The van der Waals surface area contributed by atoms with Crippen LogP contribution in [0.2, 0.25) is 0 Å². The summed E-state index contributed by atoms with van der Waals surface area (Å²) in [5, 5.41) is 2.71. The molecule has 0 bridgehead atoms. The molecule has 2 aromatic carbocycles. The van der Waals surface area contributed by atoms with E-state index in [9.17, 15) is 9.59 Å². The number of anilines is 1. The standard InChI is InChI=1S/C19H20BrNO4/c1-13(19(23)21-16-10-8-15(20)9-11-16)25-18(22)12-7-14-5-3-4-6-17(14)24-2/h3-6,8-11,13H,7,12H2,1-2H3,(H,21,23)/t13-/m0/s1. The molecule has 0 saturated heterocycles. The summed E-state index contributed by atoms with van der Waals surface area (Å²) in [6.07, 6.45) is -0.200. The van der Waals surface area contributed by atoms with Gasteiger partial charge >= 0.3 is 5.97 Å². The number of carbonyl (C=O) groups is 2. The lowest BCUT2D eigenvalue weighted by Crippen LogP contribution is -2.30. The zero-order valence-corrected chi connectivity index (χ0v) is 15.7. The topological polar surface area (TPSA) is 64.6 Å². The quantitative estimate of drug-likeness (QED) is 0.707. The predicted octanol–water partition coefficient (Wildman–Crippen LogP) is 3.96. The van der Waals surface area contributed by atoms with Gasteiger partial charge in [-0.3, -0.25) is 9.59 Å². The molecule has 1 N–H and O–H groups in total. The number of benzene rings is 2. The molecule has 0 aliphatic rings. The molecule has 0 aliphatic carbocycles. The Morgan fingerprint density at radius 3 is 2.48 bits per heavy atom. The third-order valence-corrected chi connectivity index (χ3v) is 4.11. The summed E-state index contributed by atoms with van der Waals surface area (Å²) in [7, 11) is 1.59. The van der Waals surface area contributed by atoms with Crippen LogP contribution in [0.25, 0.3) is 0 Å². The van der Waals surface area contributed by atoms with Gasteiger partial charge in [-0.1, -0.05) is 34.1 Å². The van der Waals surface area contributed by atoms with Crippen molar-refractivity contribution in [2.75, 3.05) is 12.4 Å². The van der Waals surface area contributed by atoms with E-state index in [2.05, 4.69) is 21.2 Å². The number of aryl methyl sites for hydroxylation is 1. The second kappa shape index (κ2) is 9.22. The molecule has 0 heterocycles. The van der Waals surface area contributed by atoms with Gasteiger partial charge in [0.2, 0.25) is 0 Å². The van der Waals surface area contributed by atoms with Crippen molar-refractivity contribution < 1.29 is 19.1 Å². The van der Waals surface area contributed by atoms with Crippen molar-refractivity contribution in [3.63, 3.8) is 0 Å². The minimum Gasteiger partial charge on any atom is -0.496 e. The van der Waals surface area contributed by atoms with E-state index < -0.39 is 12.1 Å². The molecule has 0 aliphatic heterocycles. The SMILES string of the molecule is COc1ccccc1CCC(=O)O[C@@H](C)C(=O)Nc1ccc(Br)cc1. The van der Waals surface area contributed by atoms with Gasteiger partial charge in [-0.05, 0) is 49.2 Å². The zero-order valence-electron chi connectivity index (χ0n) is 14.1. The Hall–Kier alpha value is -2.34. The molecular formula is C19H20BrNO4. The first-order chi connectivity index (χ1) is 12.0. The Labute approximate surface area is 155 Å². The molecule has 2 rings (SSSR count). The van der Waals surface area contributed by atoms with E-state index in [1.165, 1.54) is 0 Å². The molecule has 132 valence electrons. The Bertz CT molecular complexity index is 730. The monoisotopic (exact) mass is 405 g/mol. The lowest BCUT2D eigenvalue weighted by Gasteiger charge is -2.14. The first-order valence-electron chi connectivity index (χ1n) is 7.87. The summed E-state index contributed by atoms with van der Waals surface area (Å²) in [4.78, 5) is 24.1. The zero-order chi connectivity index (χ0) is 18.2. The van der Waals surface area contributed by atoms with Crippen LogP contribution >= 0.6 is 15.9 Å². The summed E-state index contributed by atoms with van der Waals surface area (Å²) >= 11 is 3.33. The van der Waals surface area contributed by atoms with Crippen molar-refractivity contribution in [2.24, 2.45) is 0 Å². The highest BCUT2D eigenvalue weighted by atomic mass is 79.9. The van der Waals surface area contributed by atoms with Gasteiger partial charge in [0, 0.05) is 16.6 Å². The normalized spacial score (nSPS) is 11.5. The molecule has 0 unspecified atom stereocenters. The highest BCUT2D eigenvalue weighted by Gasteiger charge is 2.18. The third kappa shape index (κ3) is 5.90. The maximum Gasteiger partial charge on any atom is 0.306 e. The van der Waals surface area contributed by atoms with Crippen LogP contribution in [0.15, 0.2) is 53.0 Å². The van der Waals surface area contributed by atoms with Gasteiger partial charge < -0.3 is 14.8 Å². The van der Waals surface area contributed by atoms with Gasteiger partial charge in [0.25, 0.3) is 5.91 Å². The van der Waals surface area contributed by atoms with Gasteiger partial charge in [-0.2, -0.15) is 0 Å². The average Bonchev–Trinajstić information content (AvgIpc) is 2.62.